The molecular weight excluding hydrogens is 322 g/mol. The number of pyridine rings is 1. The number of hydrogen-bond donors (Lipinski definition) is 2. The van der Waals surface area contributed by atoms with E-state index in [1.807, 2.05) is 18.2 Å². The minimum atomic E-state index is -0.563. The van der Waals surface area contributed by atoms with Gasteiger partial charge < -0.3 is 15.4 Å². The third kappa shape index (κ3) is 7.03. The number of carbonyl (C=O) groups is 2. The number of nitrogens with zero attached hydrogens (tertiary/aromatic N) is 3. The number of rotatable bonds is 6. The highest BCUT2D eigenvalue weighted by Crippen LogP contribution is 2.07. The van der Waals surface area contributed by atoms with E-state index < -0.39 is 11.7 Å². The minimum absolute atomic E-state index is 0.131. The zero-order valence-corrected chi connectivity index (χ0v) is 14.7. The van der Waals surface area contributed by atoms with Gasteiger partial charge in [-0.25, -0.2) is 4.79 Å². The first-order valence-corrected chi connectivity index (χ1v) is 8.02. The van der Waals surface area contributed by atoms with Crippen LogP contribution in [0.4, 0.5) is 10.6 Å². The van der Waals surface area contributed by atoms with Crippen molar-refractivity contribution in [1.82, 2.24) is 20.1 Å². The van der Waals surface area contributed by atoms with Gasteiger partial charge in [0.15, 0.2) is 5.82 Å². The van der Waals surface area contributed by atoms with Crippen molar-refractivity contribution in [2.24, 2.45) is 0 Å². The molecule has 0 saturated heterocycles. The third-order valence-corrected chi connectivity index (χ3v) is 2.98. The van der Waals surface area contributed by atoms with Crippen LogP contribution in [-0.2, 0) is 16.1 Å². The van der Waals surface area contributed by atoms with Gasteiger partial charge in [-0.3, -0.25) is 14.5 Å². The lowest BCUT2D eigenvalue weighted by Crippen LogP contribution is -2.34. The maximum atomic E-state index is 11.9. The molecule has 2 amide bonds. The molecule has 8 nitrogen and oxygen atoms in total. The molecule has 0 spiro atoms. The molecule has 0 radical (unpaired) electrons. The zero-order chi connectivity index (χ0) is 18.3. The molecule has 0 aliphatic heterocycles. The molecule has 0 unspecified atom stereocenters. The van der Waals surface area contributed by atoms with E-state index in [-0.39, 0.29) is 18.9 Å². The van der Waals surface area contributed by atoms with E-state index in [0.717, 1.165) is 5.69 Å². The second-order valence-electron chi connectivity index (χ2n) is 6.45. The first-order chi connectivity index (χ1) is 11.8. The number of amides is 2. The number of ether oxygens (including phenoxy) is 1. The molecule has 2 N–H and O–H groups in total. The van der Waals surface area contributed by atoms with Crippen LogP contribution in [0.3, 0.4) is 0 Å². The Kier molecular flexibility index (Phi) is 6.10. The maximum Gasteiger partial charge on any atom is 0.407 e. The number of aromatic nitrogens is 3. The van der Waals surface area contributed by atoms with Crippen molar-refractivity contribution in [3.05, 3.63) is 42.4 Å². The molecule has 25 heavy (non-hydrogen) atoms. The van der Waals surface area contributed by atoms with Crippen molar-refractivity contribution >= 4 is 17.8 Å². The molecule has 8 heteroatoms. The summed E-state index contributed by atoms with van der Waals surface area (Å²) in [5.74, 6) is 0.220. The van der Waals surface area contributed by atoms with Gasteiger partial charge in [0, 0.05) is 31.4 Å². The lowest BCUT2D eigenvalue weighted by Gasteiger charge is -2.19. The summed E-state index contributed by atoms with van der Waals surface area (Å²) >= 11 is 0. The topological polar surface area (TPSA) is 98.1 Å². The van der Waals surface area contributed by atoms with Crippen molar-refractivity contribution < 1.29 is 14.3 Å². The average molecular weight is 345 g/mol. The summed E-state index contributed by atoms with van der Waals surface area (Å²) in [5.41, 5.74) is 0.317. The van der Waals surface area contributed by atoms with E-state index in [1.54, 1.807) is 43.9 Å². The van der Waals surface area contributed by atoms with Crippen LogP contribution < -0.4 is 10.6 Å². The Morgan fingerprint density at radius 2 is 2.04 bits per heavy atom. The van der Waals surface area contributed by atoms with Crippen molar-refractivity contribution in [2.75, 3.05) is 11.9 Å². The highest BCUT2D eigenvalue weighted by molar-refractivity contribution is 5.90. The number of anilines is 1. The molecule has 0 bridgehead atoms. The molecule has 0 atom stereocenters. The summed E-state index contributed by atoms with van der Waals surface area (Å²) in [6.07, 6.45) is 3.08. The Balaban J connectivity index is 1.73. The van der Waals surface area contributed by atoms with Gasteiger partial charge >= 0.3 is 6.09 Å². The van der Waals surface area contributed by atoms with Crippen LogP contribution in [0.1, 0.15) is 32.9 Å². The number of nitrogens with one attached hydrogen (secondary N) is 2. The average Bonchev–Trinajstić information content (AvgIpc) is 2.93. The van der Waals surface area contributed by atoms with Gasteiger partial charge in [-0.05, 0) is 32.9 Å². The fourth-order valence-corrected chi connectivity index (χ4v) is 1.97. The predicted octanol–water partition coefficient (Wildman–Crippen LogP) is 2.18. The molecular formula is C17H23N5O3. The van der Waals surface area contributed by atoms with Crippen molar-refractivity contribution in [1.29, 1.82) is 0 Å². The standard InChI is InChI=1S/C17H23N5O3/c1-17(2,3)25-16(24)19-10-7-15(23)20-14-8-11-22(21-14)12-13-6-4-5-9-18-13/h4-6,8-9,11H,7,10,12H2,1-3H3,(H,19,24)(H,20,21,23). The first kappa shape index (κ1) is 18.4. The third-order valence-electron chi connectivity index (χ3n) is 2.98. The van der Waals surface area contributed by atoms with Crippen LogP contribution in [0.15, 0.2) is 36.7 Å². The SMILES string of the molecule is CC(C)(C)OC(=O)NCCC(=O)Nc1ccn(Cc2ccccn2)n1. The fourth-order valence-electron chi connectivity index (χ4n) is 1.97. The van der Waals surface area contributed by atoms with Gasteiger partial charge in [0.25, 0.3) is 0 Å². The molecule has 0 aliphatic carbocycles. The molecule has 0 saturated carbocycles. The van der Waals surface area contributed by atoms with Gasteiger partial charge in [0.2, 0.25) is 5.91 Å². The van der Waals surface area contributed by atoms with Gasteiger partial charge in [-0.1, -0.05) is 6.07 Å². The van der Waals surface area contributed by atoms with Gasteiger partial charge in [0.1, 0.15) is 5.60 Å². The van der Waals surface area contributed by atoms with Gasteiger partial charge in [0.05, 0.1) is 12.2 Å². The number of alkyl carbamates (subject to hydrolysis) is 1. The van der Waals surface area contributed by atoms with E-state index in [1.165, 1.54) is 0 Å². The largest absolute Gasteiger partial charge is 0.444 e. The Hall–Kier alpha value is -2.90. The van der Waals surface area contributed by atoms with Crippen LogP contribution >= 0.6 is 0 Å². The van der Waals surface area contributed by atoms with Gasteiger partial charge in [-0.15, -0.1) is 0 Å². The quantitative estimate of drug-likeness (QED) is 0.836. The maximum absolute atomic E-state index is 11.9. The van der Waals surface area contributed by atoms with Crippen LogP contribution in [-0.4, -0.2) is 38.9 Å². The van der Waals surface area contributed by atoms with Gasteiger partial charge in [-0.2, -0.15) is 5.10 Å². The Bertz CT molecular complexity index is 707. The van der Waals surface area contributed by atoms with E-state index >= 15 is 0 Å². The predicted molar refractivity (Wildman–Crippen MR) is 93.0 cm³/mol. The second kappa shape index (κ2) is 8.27. The van der Waals surface area contributed by atoms with E-state index in [2.05, 4.69) is 20.7 Å². The van der Waals surface area contributed by atoms with E-state index in [0.29, 0.717) is 12.4 Å². The molecule has 0 aliphatic rings. The first-order valence-electron chi connectivity index (χ1n) is 8.02. The van der Waals surface area contributed by atoms with Crippen molar-refractivity contribution in [3.63, 3.8) is 0 Å². The monoisotopic (exact) mass is 345 g/mol. The number of hydrogen-bond acceptors (Lipinski definition) is 5. The van der Waals surface area contributed by atoms with Crippen molar-refractivity contribution in [2.45, 2.75) is 39.3 Å². The lowest BCUT2D eigenvalue weighted by atomic mass is 10.2. The molecule has 2 aromatic rings. The van der Waals surface area contributed by atoms with Crippen LogP contribution in [0.5, 0.6) is 0 Å². The number of carbonyl (C=O) groups excluding carboxylic acids is 2. The minimum Gasteiger partial charge on any atom is -0.444 e. The lowest BCUT2D eigenvalue weighted by molar-refractivity contribution is -0.116. The summed E-state index contributed by atoms with van der Waals surface area (Å²) in [7, 11) is 0. The van der Waals surface area contributed by atoms with Crippen LogP contribution in [0.2, 0.25) is 0 Å². The van der Waals surface area contributed by atoms with Crippen LogP contribution in [0, 0.1) is 0 Å². The molecule has 2 rings (SSSR count). The van der Waals surface area contributed by atoms with Crippen molar-refractivity contribution in [3.8, 4) is 0 Å². The fraction of sp³-hybridized carbons (Fsp3) is 0.412. The molecule has 134 valence electrons. The second-order valence-corrected chi connectivity index (χ2v) is 6.45. The summed E-state index contributed by atoms with van der Waals surface area (Å²) < 4.78 is 6.79. The summed E-state index contributed by atoms with van der Waals surface area (Å²) in [5, 5.41) is 9.49. The summed E-state index contributed by atoms with van der Waals surface area (Å²) in [6, 6.07) is 7.38. The molecule has 2 aromatic heterocycles. The summed E-state index contributed by atoms with van der Waals surface area (Å²) in [6.45, 7) is 6.05. The Labute approximate surface area is 146 Å². The summed E-state index contributed by atoms with van der Waals surface area (Å²) in [4.78, 5) is 27.6. The smallest absolute Gasteiger partial charge is 0.407 e. The van der Waals surface area contributed by atoms with E-state index in [4.69, 9.17) is 4.74 Å². The molecule has 2 heterocycles. The van der Waals surface area contributed by atoms with Crippen LogP contribution in [0.25, 0.3) is 0 Å². The normalized spacial score (nSPS) is 11.0. The zero-order valence-electron chi connectivity index (χ0n) is 14.7. The molecule has 0 aromatic carbocycles. The highest BCUT2D eigenvalue weighted by Gasteiger charge is 2.16. The molecule has 0 fully saturated rings. The Morgan fingerprint density at radius 3 is 2.72 bits per heavy atom. The highest BCUT2D eigenvalue weighted by atomic mass is 16.6. The van der Waals surface area contributed by atoms with E-state index in [9.17, 15) is 9.59 Å². The Morgan fingerprint density at radius 1 is 1.24 bits per heavy atom.